The fourth-order valence-electron chi connectivity index (χ4n) is 5.16. The molecule has 1 fully saturated rings. The molecule has 0 spiro atoms. The second-order valence-electron chi connectivity index (χ2n) is 8.60. The maximum Gasteiger partial charge on any atom is 0.223 e. The lowest BCUT2D eigenvalue weighted by Gasteiger charge is -2.32. The summed E-state index contributed by atoms with van der Waals surface area (Å²) in [5.41, 5.74) is 5.10. The largest absolute Gasteiger partial charge is 0.358 e. The van der Waals surface area contributed by atoms with Crippen molar-refractivity contribution in [3.63, 3.8) is 0 Å². The van der Waals surface area contributed by atoms with E-state index in [9.17, 15) is 4.79 Å². The Balaban J connectivity index is 1.18. The summed E-state index contributed by atoms with van der Waals surface area (Å²) in [4.78, 5) is 20.2. The van der Waals surface area contributed by atoms with Crippen molar-refractivity contribution in [3.05, 3.63) is 65.9 Å². The minimum absolute atomic E-state index is 0.152. The lowest BCUT2D eigenvalue weighted by molar-refractivity contribution is -0.116. The molecule has 0 saturated carbocycles. The first-order valence-electron chi connectivity index (χ1n) is 10.9. The number of para-hydroxylation sites is 2. The summed E-state index contributed by atoms with van der Waals surface area (Å²) in [5.74, 6) is 1.25. The predicted molar refractivity (Wildman–Crippen MR) is 119 cm³/mol. The monoisotopic (exact) mass is 387 g/mol. The first-order chi connectivity index (χ1) is 14.2. The number of fused-ring (bicyclic) bond motifs is 2. The van der Waals surface area contributed by atoms with Crippen molar-refractivity contribution in [2.75, 3.05) is 31.1 Å². The zero-order valence-electron chi connectivity index (χ0n) is 17.1. The lowest BCUT2D eigenvalue weighted by Crippen LogP contribution is -2.35. The predicted octanol–water partition coefficient (Wildman–Crippen LogP) is 4.89. The number of H-pyrrole nitrogens is 1. The van der Waals surface area contributed by atoms with Gasteiger partial charge in [0.1, 0.15) is 0 Å². The third kappa shape index (κ3) is 3.58. The summed E-state index contributed by atoms with van der Waals surface area (Å²) in [6.07, 6.45) is 3.55. The molecule has 1 unspecified atom stereocenters. The van der Waals surface area contributed by atoms with E-state index in [4.69, 9.17) is 0 Å². The molecule has 2 aliphatic heterocycles. The van der Waals surface area contributed by atoms with Gasteiger partial charge in [-0.2, -0.15) is 0 Å². The Morgan fingerprint density at radius 1 is 1.07 bits per heavy atom. The molecule has 4 nitrogen and oxygen atoms in total. The van der Waals surface area contributed by atoms with Crippen LogP contribution >= 0.6 is 0 Å². The fourth-order valence-corrected chi connectivity index (χ4v) is 5.16. The first-order valence-corrected chi connectivity index (χ1v) is 10.9. The van der Waals surface area contributed by atoms with Crippen LogP contribution in [0.4, 0.5) is 5.69 Å². The van der Waals surface area contributed by atoms with Crippen molar-refractivity contribution in [3.8, 4) is 0 Å². The maximum absolute atomic E-state index is 12.0. The molecule has 3 aromatic rings. The summed E-state index contributed by atoms with van der Waals surface area (Å²) < 4.78 is 0. The van der Waals surface area contributed by atoms with Gasteiger partial charge in [-0.3, -0.25) is 4.79 Å². The lowest BCUT2D eigenvalue weighted by atomic mass is 9.92. The number of piperidine rings is 1. The smallest absolute Gasteiger partial charge is 0.223 e. The molecule has 150 valence electrons. The van der Waals surface area contributed by atoms with Gasteiger partial charge < -0.3 is 14.8 Å². The number of nitrogens with one attached hydrogen (secondary N) is 1. The van der Waals surface area contributed by atoms with Crippen molar-refractivity contribution >= 4 is 22.5 Å². The van der Waals surface area contributed by atoms with Crippen molar-refractivity contribution in [1.82, 2.24) is 9.88 Å². The number of hydrogen-bond acceptors (Lipinski definition) is 2. The number of hydrogen-bond donors (Lipinski definition) is 1. The van der Waals surface area contributed by atoms with Gasteiger partial charge >= 0.3 is 0 Å². The zero-order chi connectivity index (χ0) is 19.8. The van der Waals surface area contributed by atoms with Crippen LogP contribution in [0.1, 0.15) is 49.3 Å². The Bertz CT molecular complexity index is 983. The Morgan fingerprint density at radius 2 is 1.83 bits per heavy atom. The zero-order valence-corrected chi connectivity index (χ0v) is 17.1. The van der Waals surface area contributed by atoms with E-state index in [1.54, 1.807) is 6.92 Å². The van der Waals surface area contributed by atoms with E-state index < -0.39 is 0 Å². The average Bonchev–Trinajstić information content (AvgIpc) is 3.34. The molecule has 0 aliphatic carbocycles. The Morgan fingerprint density at radius 3 is 2.62 bits per heavy atom. The molecule has 1 N–H and O–H groups in total. The fraction of sp³-hybridized carbons (Fsp3) is 0.400. The molecule has 1 atom stereocenters. The van der Waals surface area contributed by atoms with Gasteiger partial charge in [0.2, 0.25) is 5.91 Å². The molecule has 5 rings (SSSR count). The van der Waals surface area contributed by atoms with E-state index in [1.807, 2.05) is 11.0 Å². The summed E-state index contributed by atoms with van der Waals surface area (Å²) in [7, 11) is 0. The Labute approximate surface area is 172 Å². The van der Waals surface area contributed by atoms with Gasteiger partial charge in [-0.05, 0) is 68.0 Å². The van der Waals surface area contributed by atoms with E-state index in [-0.39, 0.29) is 5.91 Å². The summed E-state index contributed by atoms with van der Waals surface area (Å²) in [6, 6.07) is 19.3. The second kappa shape index (κ2) is 7.68. The number of carbonyl (C=O) groups is 1. The molecule has 4 heteroatoms. The van der Waals surface area contributed by atoms with Gasteiger partial charge in [0, 0.05) is 42.2 Å². The Kier molecular flexibility index (Phi) is 4.88. The highest BCUT2D eigenvalue weighted by Crippen LogP contribution is 2.38. The number of anilines is 1. The molecular weight excluding hydrogens is 358 g/mol. The van der Waals surface area contributed by atoms with Gasteiger partial charge in [-0.25, -0.2) is 0 Å². The average molecular weight is 388 g/mol. The summed E-state index contributed by atoms with van der Waals surface area (Å²) >= 11 is 0. The van der Waals surface area contributed by atoms with Crippen LogP contribution in [0.2, 0.25) is 0 Å². The van der Waals surface area contributed by atoms with Crippen molar-refractivity contribution < 1.29 is 4.79 Å². The van der Waals surface area contributed by atoms with E-state index >= 15 is 0 Å². The van der Waals surface area contributed by atoms with Crippen LogP contribution in [-0.2, 0) is 4.79 Å². The van der Waals surface area contributed by atoms with Gasteiger partial charge in [0.15, 0.2) is 0 Å². The van der Waals surface area contributed by atoms with Gasteiger partial charge in [-0.15, -0.1) is 0 Å². The number of amides is 1. The van der Waals surface area contributed by atoms with E-state index in [0.29, 0.717) is 11.8 Å². The number of carbonyl (C=O) groups excluding carboxylic acids is 1. The molecule has 1 amide bonds. The molecule has 0 radical (unpaired) electrons. The highest BCUT2D eigenvalue weighted by atomic mass is 16.2. The topological polar surface area (TPSA) is 39.3 Å². The number of likely N-dealkylation sites (tertiary alicyclic amines) is 1. The van der Waals surface area contributed by atoms with Crippen molar-refractivity contribution in [2.24, 2.45) is 0 Å². The Hall–Kier alpha value is -2.59. The van der Waals surface area contributed by atoms with Crippen LogP contribution < -0.4 is 4.90 Å². The molecule has 1 aromatic heterocycles. The second-order valence-corrected chi connectivity index (χ2v) is 8.60. The molecular formula is C25H29N3O. The number of aromatic nitrogens is 1. The van der Waals surface area contributed by atoms with Crippen LogP contribution in [0.5, 0.6) is 0 Å². The first kappa shape index (κ1) is 18.4. The van der Waals surface area contributed by atoms with Crippen LogP contribution in [0.15, 0.2) is 54.6 Å². The molecule has 2 aromatic carbocycles. The summed E-state index contributed by atoms with van der Waals surface area (Å²) in [5, 5.41) is 1.32. The van der Waals surface area contributed by atoms with E-state index in [2.05, 4.69) is 58.4 Å². The van der Waals surface area contributed by atoms with Crippen LogP contribution in [0.3, 0.4) is 0 Å². The SMILES string of the molecule is CC(=O)N1CC(CCN2CCC(c3cc4ccccc4[nH]3)CC2)c2ccccc21. The summed E-state index contributed by atoms with van der Waals surface area (Å²) in [6.45, 7) is 5.94. The minimum Gasteiger partial charge on any atom is -0.358 e. The van der Waals surface area contributed by atoms with E-state index in [0.717, 1.165) is 38.3 Å². The standard InChI is InChI=1S/C25H29N3O/c1-18(29)28-17-21(22-7-3-5-9-25(22)28)12-15-27-13-10-19(11-14-27)24-16-20-6-2-4-8-23(20)26-24/h2-9,16,19,21,26H,10-15,17H2,1H3. The maximum atomic E-state index is 12.0. The molecule has 29 heavy (non-hydrogen) atoms. The molecule has 3 heterocycles. The molecule has 2 aliphatic rings. The van der Waals surface area contributed by atoms with Crippen LogP contribution in [-0.4, -0.2) is 42.0 Å². The molecule has 1 saturated heterocycles. The van der Waals surface area contributed by atoms with Gasteiger partial charge in [0.25, 0.3) is 0 Å². The normalized spacial score (nSPS) is 20.3. The number of nitrogens with zero attached hydrogens (tertiary/aromatic N) is 2. The van der Waals surface area contributed by atoms with Gasteiger partial charge in [0.05, 0.1) is 0 Å². The van der Waals surface area contributed by atoms with E-state index in [1.165, 1.54) is 35.0 Å². The highest BCUT2D eigenvalue weighted by molar-refractivity contribution is 5.94. The van der Waals surface area contributed by atoms with Crippen molar-refractivity contribution in [1.29, 1.82) is 0 Å². The molecule has 0 bridgehead atoms. The van der Waals surface area contributed by atoms with Crippen LogP contribution in [0.25, 0.3) is 10.9 Å². The minimum atomic E-state index is 0.152. The number of benzene rings is 2. The number of rotatable bonds is 4. The third-order valence-electron chi connectivity index (χ3n) is 6.82. The van der Waals surface area contributed by atoms with Crippen molar-refractivity contribution in [2.45, 2.75) is 38.0 Å². The van der Waals surface area contributed by atoms with Gasteiger partial charge in [-0.1, -0.05) is 36.4 Å². The third-order valence-corrected chi connectivity index (χ3v) is 6.82. The number of aromatic amines is 1. The van der Waals surface area contributed by atoms with Crippen LogP contribution in [0, 0.1) is 0 Å². The highest BCUT2D eigenvalue weighted by Gasteiger charge is 2.31. The quantitative estimate of drug-likeness (QED) is 0.692.